The van der Waals surface area contributed by atoms with Crippen molar-refractivity contribution < 1.29 is 9.53 Å². The molecule has 0 saturated heterocycles. The van der Waals surface area contributed by atoms with Crippen molar-refractivity contribution in [3.8, 4) is 0 Å². The number of amides is 1. The first-order chi connectivity index (χ1) is 7.61. The van der Waals surface area contributed by atoms with Crippen LogP contribution in [0.4, 0.5) is 10.5 Å². The molecule has 0 aliphatic heterocycles. The minimum Gasteiger partial charge on any atom is -0.446 e. The number of hydrogen-bond donors (Lipinski definition) is 1. The van der Waals surface area contributed by atoms with E-state index in [4.69, 9.17) is 4.74 Å². The zero-order chi connectivity index (χ0) is 12.0. The van der Waals surface area contributed by atoms with Crippen molar-refractivity contribution in [1.29, 1.82) is 0 Å². The van der Waals surface area contributed by atoms with Gasteiger partial charge in [-0.15, -0.1) is 6.58 Å². The highest BCUT2D eigenvalue weighted by Crippen LogP contribution is 2.10. The summed E-state index contributed by atoms with van der Waals surface area (Å²) in [6.45, 7) is 7.39. The fraction of sp³-hybridized carbons (Fsp3) is 0.308. The van der Waals surface area contributed by atoms with Gasteiger partial charge in [0.15, 0.2) is 0 Å². The Morgan fingerprint density at radius 1 is 1.62 bits per heavy atom. The smallest absolute Gasteiger partial charge is 0.411 e. The van der Waals surface area contributed by atoms with Gasteiger partial charge in [0.05, 0.1) is 0 Å². The molecule has 16 heavy (non-hydrogen) atoms. The van der Waals surface area contributed by atoms with Crippen LogP contribution in [0.15, 0.2) is 36.9 Å². The summed E-state index contributed by atoms with van der Waals surface area (Å²) in [5.41, 5.74) is 1.84. The zero-order valence-electron chi connectivity index (χ0n) is 9.69. The molecule has 0 aliphatic rings. The van der Waals surface area contributed by atoms with Crippen LogP contribution in [0.2, 0.25) is 0 Å². The van der Waals surface area contributed by atoms with Gasteiger partial charge in [-0.1, -0.05) is 18.2 Å². The van der Waals surface area contributed by atoms with E-state index in [2.05, 4.69) is 11.9 Å². The number of aryl methyl sites for hydroxylation is 1. The number of nitrogens with one attached hydrogen (secondary N) is 1. The second-order valence-corrected chi connectivity index (χ2v) is 3.73. The lowest BCUT2D eigenvalue weighted by molar-refractivity contribution is 0.122. The van der Waals surface area contributed by atoms with Crippen molar-refractivity contribution in [3.63, 3.8) is 0 Å². The Bertz CT molecular complexity index is 374. The summed E-state index contributed by atoms with van der Waals surface area (Å²) in [4.78, 5) is 11.4. The fourth-order valence-corrected chi connectivity index (χ4v) is 1.34. The molecule has 3 nitrogen and oxygen atoms in total. The third kappa shape index (κ3) is 4.17. The summed E-state index contributed by atoms with van der Waals surface area (Å²) in [5, 5.41) is 2.68. The number of hydrogen-bond acceptors (Lipinski definition) is 2. The van der Waals surface area contributed by atoms with Crippen molar-refractivity contribution in [2.24, 2.45) is 0 Å². The van der Waals surface area contributed by atoms with Crippen LogP contribution in [0, 0.1) is 6.92 Å². The highest BCUT2D eigenvalue weighted by atomic mass is 16.6. The normalized spacial score (nSPS) is 11.6. The molecule has 0 spiro atoms. The van der Waals surface area contributed by atoms with Crippen LogP contribution in [-0.4, -0.2) is 12.2 Å². The standard InChI is InChI=1S/C13H17NO2/c1-4-6-11(3)16-13(15)14-12-8-5-7-10(2)9-12/h4-5,7-9,11H,1,6H2,2-3H3,(H,14,15). The number of anilines is 1. The van der Waals surface area contributed by atoms with E-state index in [1.807, 2.05) is 38.1 Å². The molecule has 3 heteroatoms. The van der Waals surface area contributed by atoms with Gasteiger partial charge in [-0.2, -0.15) is 0 Å². The maximum absolute atomic E-state index is 11.4. The monoisotopic (exact) mass is 219 g/mol. The van der Waals surface area contributed by atoms with Gasteiger partial charge in [-0.05, 0) is 31.5 Å². The molecule has 0 bridgehead atoms. The molecule has 0 saturated carbocycles. The topological polar surface area (TPSA) is 38.3 Å². The first kappa shape index (κ1) is 12.3. The van der Waals surface area contributed by atoms with Crippen molar-refractivity contribution in [2.45, 2.75) is 26.4 Å². The summed E-state index contributed by atoms with van der Waals surface area (Å²) < 4.78 is 5.11. The summed E-state index contributed by atoms with van der Waals surface area (Å²) in [6, 6.07) is 7.57. The van der Waals surface area contributed by atoms with Gasteiger partial charge in [0.1, 0.15) is 6.10 Å². The van der Waals surface area contributed by atoms with Gasteiger partial charge < -0.3 is 4.74 Å². The van der Waals surface area contributed by atoms with Gasteiger partial charge >= 0.3 is 6.09 Å². The zero-order valence-corrected chi connectivity index (χ0v) is 9.69. The molecule has 1 amide bonds. The number of rotatable bonds is 4. The molecule has 86 valence electrons. The third-order valence-electron chi connectivity index (χ3n) is 2.07. The predicted molar refractivity (Wildman–Crippen MR) is 65.6 cm³/mol. The SMILES string of the molecule is C=CCC(C)OC(=O)Nc1cccc(C)c1. The Balaban J connectivity index is 2.48. The summed E-state index contributed by atoms with van der Waals surface area (Å²) in [6.07, 6.45) is 1.80. The first-order valence-corrected chi connectivity index (χ1v) is 5.27. The van der Waals surface area contributed by atoms with E-state index in [0.29, 0.717) is 6.42 Å². The van der Waals surface area contributed by atoms with Crippen molar-refractivity contribution in [3.05, 3.63) is 42.5 Å². The molecule has 0 aliphatic carbocycles. The van der Waals surface area contributed by atoms with E-state index in [1.54, 1.807) is 6.08 Å². The molecule has 1 aromatic carbocycles. The van der Waals surface area contributed by atoms with Gasteiger partial charge in [0.2, 0.25) is 0 Å². The van der Waals surface area contributed by atoms with E-state index in [1.165, 1.54) is 0 Å². The van der Waals surface area contributed by atoms with E-state index < -0.39 is 6.09 Å². The summed E-state index contributed by atoms with van der Waals surface area (Å²) in [7, 11) is 0. The largest absolute Gasteiger partial charge is 0.446 e. The van der Waals surface area contributed by atoms with Crippen LogP contribution in [-0.2, 0) is 4.74 Å². The van der Waals surface area contributed by atoms with Crippen molar-refractivity contribution in [1.82, 2.24) is 0 Å². The van der Waals surface area contributed by atoms with Gasteiger partial charge in [-0.25, -0.2) is 4.79 Å². The van der Waals surface area contributed by atoms with Crippen molar-refractivity contribution in [2.75, 3.05) is 5.32 Å². The number of carbonyl (C=O) groups excluding carboxylic acids is 1. The van der Waals surface area contributed by atoms with Crippen LogP contribution in [0.1, 0.15) is 18.9 Å². The van der Waals surface area contributed by atoms with Crippen LogP contribution in [0.25, 0.3) is 0 Å². The number of carbonyl (C=O) groups is 1. The van der Waals surface area contributed by atoms with Crippen LogP contribution in [0.5, 0.6) is 0 Å². The number of ether oxygens (including phenoxy) is 1. The molecule has 1 unspecified atom stereocenters. The average molecular weight is 219 g/mol. The predicted octanol–water partition coefficient (Wildman–Crippen LogP) is 3.51. The first-order valence-electron chi connectivity index (χ1n) is 5.27. The minimum atomic E-state index is -0.431. The summed E-state index contributed by atoms with van der Waals surface area (Å²) >= 11 is 0. The lowest BCUT2D eigenvalue weighted by Gasteiger charge is -2.12. The maximum atomic E-state index is 11.4. The lowest BCUT2D eigenvalue weighted by atomic mass is 10.2. The van der Waals surface area contributed by atoms with Gasteiger partial charge in [0.25, 0.3) is 0 Å². The molecule has 0 radical (unpaired) electrons. The van der Waals surface area contributed by atoms with E-state index in [9.17, 15) is 4.79 Å². The summed E-state index contributed by atoms with van der Waals surface area (Å²) in [5.74, 6) is 0. The van der Waals surface area contributed by atoms with Crippen molar-refractivity contribution >= 4 is 11.8 Å². The molecular weight excluding hydrogens is 202 g/mol. The average Bonchev–Trinajstić information content (AvgIpc) is 2.17. The van der Waals surface area contributed by atoms with E-state index in [0.717, 1.165) is 11.3 Å². The second-order valence-electron chi connectivity index (χ2n) is 3.73. The third-order valence-corrected chi connectivity index (χ3v) is 2.07. The molecule has 1 atom stereocenters. The lowest BCUT2D eigenvalue weighted by Crippen LogP contribution is -2.19. The Morgan fingerprint density at radius 3 is 3.00 bits per heavy atom. The Hall–Kier alpha value is -1.77. The van der Waals surface area contributed by atoms with E-state index >= 15 is 0 Å². The Morgan fingerprint density at radius 2 is 2.38 bits per heavy atom. The molecule has 1 rings (SSSR count). The van der Waals surface area contributed by atoms with E-state index in [-0.39, 0.29) is 6.10 Å². The van der Waals surface area contributed by atoms with Crippen LogP contribution >= 0.6 is 0 Å². The van der Waals surface area contributed by atoms with Crippen LogP contribution < -0.4 is 5.32 Å². The fourth-order valence-electron chi connectivity index (χ4n) is 1.34. The molecule has 0 heterocycles. The van der Waals surface area contributed by atoms with Crippen LogP contribution in [0.3, 0.4) is 0 Å². The molecule has 1 N–H and O–H groups in total. The van der Waals surface area contributed by atoms with Gasteiger partial charge in [0, 0.05) is 12.1 Å². The highest BCUT2D eigenvalue weighted by Gasteiger charge is 2.07. The Labute approximate surface area is 96.1 Å². The number of benzene rings is 1. The quantitative estimate of drug-likeness (QED) is 0.787. The highest BCUT2D eigenvalue weighted by molar-refractivity contribution is 5.84. The van der Waals surface area contributed by atoms with Gasteiger partial charge in [-0.3, -0.25) is 5.32 Å². The Kier molecular flexibility index (Phi) is 4.58. The molecule has 0 aromatic heterocycles. The molecular formula is C13H17NO2. The minimum absolute atomic E-state index is 0.151. The molecule has 0 fully saturated rings. The molecule has 1 aromatic rings. The second kappa shape index (κ2) is 5.95. The maximum Gasteiger partial charge on any atom is 0.411 e.